The zero-order chi connectivity index (χ0) is 11.4. The van der Waals surface area contributed by atoms with Gasteiger partial charge in [0.25, 0.3) is 0 Å². The van der Waals surface area contributed by atoms with Crippen LogP contribution in [0, 0.1) is 0 Å². The van der Waals surface area contributed by atoms with Crippen molar-refractivity contribution >= 4 is 11.9 Å². The highest BCUT2D eigenvalue weighted by atomic mass is 16.5. The van der Waals surface area contributed by atoms with Crippen LogP contribution in [0.25, 0.3) is 0 Å². The van der Waals surface area contributed by atoms with Gasteiger partial charge in [-0.05, 0) is 5.56 Å². The Morgan fingerprint density at radius 1 is 1.38 bits per heavy atom. The van der Waals surface area contributed by atoms with Crippen molar-refractivity contribution in [2.45, 2.75) is 6.61 Å². The molecule has 5 nitrogen and oxygen atoms in total. The average Bonchev–Trinajstić information content (AvgIpc) is 2.74. The molecule has 1 aromatic heterocycles. The van der Waals surface area contributed by atoms with Crippen LogP contribution < -0.4 is 5.73 Å². The van der Waals surface area contributed by atoms with Crippen LogP contribution in [-0.4, -0.2) is 15.6 Å². The fraction of sp³-hybridized carbons (Fsp3) is 0.0909. The number of rotatable bonds is 2. The Labute approximate surface area is 92.5 Å². The van der Waals surface area contributed by atoms with Crippen molar-refractivity contribution in [3.8, 4) is 0 Å². The van der Waals surface area contributed by atoms with Gasteiger partial charge in [-0.3, -0.25) is 0 Å². The van der Waals surface area contributed by atoms with Gasteiger partial charge in [-0.15, -0.1) is 0 Å². The lowest BCUT2D eigenvalue weighted by molar-refractivity contribution is 0.141. The molecular formula is C11H11N3O2. The first kappa shape index (κ1) is 10.2. The predicted molar refractivity (Wildman–Crippen MR) is 58.7 cm³/mol. The highest BCUT2D eigenvalue weighted by Crippen LogP contribution is 2.03. The maximum atomic E-state index is 11.5. The van der Waals surface area contributed by atoms with Crippen molar-refractivity contribution in [3.63, 3.8) is 0 Å². The molecule has 0 aliphatic heterocycles. The Balaban J connectivity index is 1.94. The number of nitrogens with two attached hydrogens (primary N) is 1. The second kappa shape index (κ2) is 4.48. The number of hydrogen-bond donors (Lipinski definition) is 1. The van der Waals surface area contributed by atoms with Crippen LogP contribution in [-0.2, 0) is 11.3 Å². The largest absolute Gasteiger partial charge is 0.444 e. The van der Waals surface area contributed by atoms with E-state index in [1.807, 2.05) is 30.3 Å². The maximum absolute atomic E-state index is 11.5. The molecule has 0 unspecified atom stereocenters. The fourth-order valence-electron chi connectivity index (χ4n) is 1.23. The first-order valence-electron chi connectivity index (χ1n) is 4.76. The fourth-order valence-corrected chi connectivity index (χ4v) is 1.23. The molecule has 1 aromatic carbocycles. The van der Waals surface area contributed by atoms with E-state index in [0.29, 0.717) is 0 Å². The number of nitrogen functional groups attached to an aromatic ring is 1. The molecule has 0 radical (unpaired) electrons. The van der Waals surface area contributed by atoms with Gasteiger partial charge in [0.2, 0.25) is 0 Å². The highest BCUT2D eigenvalue weighted by molar-refractivity contribution is 5.70. The molecule has 0 saturated heterocycles. The molecule has 2 rings (SSSR count). The molecule has 82 valence electrons. The van der Waals surface area contributed by atoms with Crippen LogP contribution >= 0.6 is 0 Å². The summed E-state index contributed by atoms with van der Waals surface area (Å²) in [6.45, 7) is 0.234. The molecule has 0 fully saturated rings. The average molecular weight is 217 g/mol. The molecular weight excluding hydrogens is 206 g/mol. The standard InChI is InChI=1S/C11H11N3O2/c12-10-6-14(8-13-10)11(15)16-7-9-4-2-1-3-5-9/h1-6,8H,7,12H2. The molecule has 0 atom stereocenters. The van der Waals surface area contributed by atoms with Crippen molar-refractivity contribution in [1.82, 2.24) is 9.55 Å². The summed E-state index contributed by atoms with van der Waals surface area (Å²) in [7, 11) is 0. The predicted octanol–water partition coefficient (Wildman–Crippen LogP) is 1.65. The van der Waals surface area contributed by atoms with E-state index in [2.05, 4.69) is 4.98 Å². The van der Waals surface area contributed by atoms with Crippen LogP contribution in [0.2, 0.25) is 0 Å². The number of hydrogen-bond acceptors (Lipinski definition) is 4. The Kier molecular flexibility index (Phi) is 2.86. The molecule has 0 spiro atoms. The zero-order valence-electron chi connectivity index (χ0n) is 8.54. The number of nitrogens with zero attached hydrogens (tertiary/aromatic N) is 2. The van der Waals surface area contributed by atoms with E-state index >= 15 is 0 Å². The topological polar surface area (TPSA) is 70.1 Å². The summed E-state index contributed by atoms with van der Waals surface area (Å²) in [6, 6.07) is 9.45. The van der Waals surface area contributed by atoms with Crippen molar-refractivity contribution < 1.29 is 9.53 Å². The van der Waals surface area contributed by atoms with Gasteiger partial charge in [-0.1, -0.05) is 30.3 Å². The number of aromatic nitrogens is 2. The highest BCUT2D eigenvalue weighted by Gasteiger charge is 2.06. The summed E-state index contributed by atoms with van der Waals surface area (Å²) in [5.74, 6) is 0.289. The van der Waals surface area contributed by atoms with Gasteiger partial charge in [-0.25, -0.2) is 14.3 Å². The quantitative estimate of drug-likeness (QED) is 0.830. The number of carbonyl (C=O) groups is 1. The third kappa shape index (κ3) is 2.38. The minimum atomic E-state index is -0.493. The maximum Gasteiger partial charge on any atom is 0.419 e. The molecule has 0 bridgehead atoms. The van der Waals surface area contributed by atoms with E-state index in [1.54, 1.807) is 0 Å². The summed E-state index contributed by atoms with van der Waals surface area (Å²) < 4.78 is 6.26. The summed E-state index contributed by atoms with van der Waals surface area (Å²) in [4.78, 5) is 15.2. The molecule has 2 aromatic rings. The third-order valence-electron chi connectivity index (χ3n) is 2.02. The second-order valence-electron chi connectivity index (χ2n) is 3.25. The molecule has 0 aliphatic carbocycles. The summed E-state index contributed by atoms with van der Waals surface area (Å²) in [6.07, 6.45) is 2.24. The minimum absolute atomic E-state index is 0.234. The van der Waals surface area contributed by atoms with Crippen molar-refractivity contribution in [2.75, 3.05) is 5.73 Å². The van der Waals surface area contributed by atoms with Gasteiger partial charge in [-0.2, -0.15) is 0 Å². The van der Waals surface area contributed by atoms with Crippen LogP contribution in [0.15, 0.2) is 42.9 Å². The lowest BCUT2D eigenvalue weighted by Gasteiger charge is -2.04. The van der Waals surface area contributed by atoms with Gasteiger partial charge in [0, 0.05) is 0 Å². The Morgan fingerprint density at radius 2 is 2.12 bits per heavy atom. The monoisotopic (exact) mass is 217 g/mol. The van der Waals surface area contributed by atoms with E-state index in [4.69, 9.17) is 10.5 Å². The lowest BCUT2D eigenvalue weighted by Crippen LogP contribution is -2.11. The molecule has 2 N–H and O–H groups in total. The molecule has 0 aliphatic rings. The van der Waals surface area contributed by atoms with E-state index in [-0.39, 0.29) is 12.4 Å². The van der Waals surface area contributed by atoms with Crippen LogP contribution in [0.1, 0.15) is 5.56 Å². The van der Waals surface area contributed by atoms with Gasteiger partial charge < -0.3 is 10.5 Å². The van der Waals surface area contributed by atoms with Crippen LogP contribution in [0.5, 0.6) is 0 Å². The van der Waals surface area contributed by atoms with Crippen molar-refractivity contribution in [1.29, 1.82) is 0 Å². The number of anilines is 1. The number of imidazole rings is 1. The molecule has 5 heteroatoms. The van der Waals surface area contributed by atoms with Gasteiger partial charge in [0.05, 0.1) is 6.20 Å². The first-order chi connectivity index (χ1) is 7.75. The molecule has 1 heterocycles. The SMILES string of the molecule is Nc1cn(C(=O)OCc2ccccc2)cn1. The summed E-state index contributed by atoms with van der Waals surface area (Å²) >= 11 is 0. The van der Waals surface area contributed by atoms with Crippen LogP contribution in [0.4, 0.5) is 10.6 Å². The number of ether oxygens (including phenoxy) is 1. The van der Waals surface area contributed by atoms with E-state index < -0.39 is 6.09 Å². The summed E-state index contributed by atoms with van der Waals surface area (Å²) in [5.41, 5.74) is 6.32. The molecule has 16 heavy (non-hydrogen) atoms. The van der Waals surface area contributed by atoms with Crippen LogP contribution in [0.3, 0.4) is 0 Å². The lowest BCUT2D eigenvalue weighted by atomic mass is 10.2. The van der Waals surface area contributed by atoms with E-state index in [9.17, 15) is 4.79 Å². The van der Waals surface area contributed by atoms with Gasteiger partial charge >= 0.3 is 6.09 Å². The number of carbonyl (C=O) groups excluding carboxylic acids is 1. The normalized spacial score (nSPS) is 10.0. The Morgan fingerprint density at radius 3 is 2.75 bits per heavy atom. The second-order valence-corrected chi connectivity index (χ2v) is 3.25. The first-order valence-corrected chi connectivity index (χ1v) is 4.76. The zero-order valence-corrected chi connectivity index (χ0v) is 8.54. The molecule has 0 saturated carbocycles. The van der Waals surface area contributed by atoms with Gasteiger partial charge in [0.1, 0.15) is 18.8 Å². The Bertz CT molecular complexity index is 479. The molecule has 0 amide bonds. The smallest absolute Gasteiger partial charge is 0.419 e. The Hall–Kier alpha value is -2.30. The van der Waals surface area contributed by atoms with Crippen molar-refractivity contribution in [3.05, 3.63) is 48.4 Å². The third-order valence-corrected chi connectivity index (χ3v) is 2.02. The summed E-state index contributed by atoms with van der Waals surface area (Å²) in [5, 5.41) is 0. The van der Waals surface area contributed by atoms with E-state index in [0.717, 1.165) is 5.56 Å². The number of benzene rings is 1. The van der Waals surface area contributed by atoms with E-state index in [1.165, 1.54) is 17.1 Å². The minimum Gasteiger partial charge on any atom is -0.444 e. The van der Waals surface area contributed by atoms with Gasteiger partial charge in [0.15, 0.2) is 0 Å². The van der Waals surface area contributed by atoms with Crippen molar-refractivity contribution in [2.24, 2.45) is 0 Å².